The van der Waals surface area contributed by atoms with Gasteiger partial charge in [0.15, 0.2) is 0 Å². The topological polar surface area (TPSA) is 94.0 Å². The quantitative estimate of drug-likeness (QED) is 0.743. The summed E-state index contributed by atoms with van der Waals surface area (Å²) < 4.78 is 0. The zero-order valence-electron chi connectivity index (χ0n) is 11.6. The highest BCUT2D eigenvalue weighted by Crippen LogP contribution is 2.23. The molecule has 0 saturated heterocycles. The average Bonchev–Trinajstić information content (AvgIpc) is 2.38. The summed E-state index contributed by atoms with van der Waals surface area (Å²) >= 11 is 0. The Bertz CT molecular complexity index is 640. The van der Waals surface area contributed by atoms with Gasteiger partial charge in [-0.1, -0.05) is 12.1 Å². The molecule has 0 aliphatic carbocycles. The lowest BCUT2D eigenvalue weighted by molar-refractivity contribution is 0.1000. The van der Waals surface area contributed by atoms with Crippen molar-refractivity contribution >= 4 is 17.4 Å². The molecular weight excluding hydrogens is 252 g/mol. The first-order chi connectivity index (χ1) is 9.49. The number of benzene rings is 1. The van der Waals surface area contributed by atoms with E-state index in [1.165, 1.54) is 0 Å². The molecule has 5 N–H and O–H groups in total. The van der Waals surface area contributed by atoms with Crippen LogP contribution in [0.5, 0.6) is 0 Å². The number of carbonyl (C=O) groups is 1. The Hall–Kier alpha value is -2.56. The predicted octanol–water partition coefficient (Wildman–Crippen LogP) is 2.24. The highest BCUT2D eigenvalue weighted by molar-refractivity contribution is 5.99. The van der Waals surface area contributed by atoms with Crippen LogP contribution in [-0.2, 0) is 0 Å². The lowest BCUT2D eigenvalue weighted by Gasteiger charge is -2.17. The zero-order valence-corrected chi connectivity index (χ0v) is 11.6. The number of rotatable bonds is 4. The van der Waals surface area contributed by atoms with Crippen LogP contribution in [0.2, 0.25) is 0 Å². The fourth-order valence-electron chi connectivity index (χ4n) is 2.10. The molecule has 1 amide bonds. The van der Waals surface area contributed by atoms with Crippen LogP contribution in [0.25, 0.3) is 0 Å². The summed E-state index contributed by atoms with van der Waals surface area (Å²) in [7, 11) is 0. The van der Waals surface area contributed by atoms with Crippen molar-refractivity contribution in [2.45, 2.75) is 19.9 Å². The van der Waals surface area contributed by atoms with E-state index in [4.69, 9.17) is 11.5 Å². The van der Waals surface area contributed by atoms with E-state index in [0.717, 1.165) is 11.1 Å². The van der Waals surface area contributed by atoms with Gasteiger partial charge in [-0.15, -0.1) is 0 Å². The van der Waals surface area contributed by atoms with Crippen molar-refractivity contribution in [3.63, 3.8) is 0 Å². The minimum absolute atomic E-state index is 0.0362. The van der Waals surface area contributed by atoms with Crippen LogP contribution >= 0.6 is 0 Å². The van der Waals surface area contributed by atoms with Crippen LogP contribution in [0.4, 0.5) is 11.5 Å². The molecule has 2 rings (SSSR count). The number of amides is 1. The molecule has 5 nitrogen and oxygen atoms in total. The summed E-state index contributed by atoms with van der Waals surface area (Å²) in [4.78, 5) is 15.7. The summed E-state index contributed by atoms with van der Waals surface area (Å²) in [6.45, 7) is 3.81. The van der Waals surface area contributed by atoms with Crippen molar-refractivity contribution < 1.29 is 4.79 Å². The van der Waals surface area contributed by atoms with Gasteiger partial charge in [0.05, 0.1) is 11.6 Å². The van der Waals surface area contributed by atoms with E-state index in [1.54, 1.807) is 12.3 Å². The molecule has 0 bridgehead atoms. The fraction of sp³-hybridized carbons (Fsp3) is 0.200. The summed E-state index contributed by atoms with van der Waals surface area (Å²) in [6, 6.07) is 9.30. The van der Waals surface area contributed by atoms with Gasteiger partial charge >= 0.3 is 0 Å². The van der Waals surface area contributed by atoms with Gasteiger partial charge in [-0.05, 0) is 43.2 Å². The van der Waals surface area contributed by atoms with Crippen LogP contribution in [0.3, 0.4) is 0 Å². The van der Waals surface area contributed by atoms with Gasteiger partial charge < -0.3 is 16.8 Å². The van der Waals surface area contributed by atoms with E-state index in [2.05, 4.69) is 10.3 Å². The second-order valence-electron chi connectivity index (χ2n) is 4.75. The van der Waals surface area contributed by atoms with Crippen molar-refractivity contribution in [3.05, 3.63) is 53.2 Å². The molecule has 2 aromatic rings. The lowest BCUT2D eigenvalue weighted by Crippen LogP contribution is -2.18. The van der Waals surface area contributed by atoms with Crippen molar-refractivity contribution in [1.29, 1.82) is 0 Å². The van der Waals surface area contributed by atoms with E-state index in [0.29, 0.717) is 17.1 Å². The summed E-state index contributed by atoms with van der Waals surface area (Å²) in [5, 5.41) is 3.21. The predicted molar refractivity (Wildman–Crippen MR) is 80.4 cm³/mol. The standard InChI is InChI=1S/C15H18N4O/c1-9-6-7-18-15(13(9)14(17)20)19-10(2)11-4-3-5-12(16)8-11/h3-8,10H,16H2,1-2H3,(H2,17,20)(H,18,19). The first-order valence-electron chi connectivity index (χ1n) is 6.36. The number of nitrogens with one attached hydrogen (secondary N) is 1. The number of aromatic nitrogens is 1. The number of hydrogen-bond donors (Lipinski definition) is 3. The van der Waals surface area contributed by atoms with E-state index in [-0.39, 0.29) is 6.04 Å². The van der Waals surface area contributed by atoms with Crippen molar-refractivity contribution in [3.8, 4) is 0 Å². The molecule has 5 heteroatoms. The van der Waals surface area contributed by atoms with Crippen LogP contribution in [0.15, 0.2) is 36.5 Å². The summed E-state index contributed by atoms with van der Waals surface area (Å²) in [6.07, 6.45) is 1.65. The van der Waals surface area contributed by atoms with E-state index in [9.17, 15) is 4.79 Å². The van der Waals surface area contributed by atoms with Gasteiger partial charge in [-0.3, -0.25) is 4.79 Å². The number of carbonyl (C=O) groups excluding carboxylic acids is 1. The minimum Gasteiger partial charge on any atom is -0.399 e. The molecule has 1 heterocycles. The van der Waals surface area contributed by atoms with Crippen molar-refractivity contribution in [1.82, 2.24) is 4.98 Å². The van der Waals surface area contributed by atoms with Crippen LogP contribution < -0.4 is 16.8 Å². The van der Waals surface area contributed by atoms with Crippen LogP contribution in [0.1, 0.15) is 34.5 Å². The smallest absolute Gasteiger partial charge is 0.252 e. The number of aryl methyl sites for hydroxylation is 1. The largest absolute Gasteiger partial charge is 0.399 e. The molecule has 1 atom stereocenters. The maximum atomic E-state index is 11.5. The third-order valence-corrected chi connectivity index (χ3v) is 3.17. The highest BCUT2D eigenvalue weighted by Gasteiger charge is 2.15. The molecule has 20 heavy (non-hydrogen) atoms. The number of hydrogen-bond acceptors (Lipinski definition) is 4. The fourth-order valence-corrected chi connectivity index (χ4v) is 2.10. The molecule has 1 aromatic carbocycles. The molecule has 0 spiro atoms. The molecule has 1 aromatic heterocycles. The van der Waals surface area contributed by atoms with Gasteiger partial charge in [0.2, 0.25) is 0 Å². The number of nitrogen functional groups attached to an aromatic ring is 1. The Morgan fingerprint density at radius 1 is 1.35 bits per heavy atom. The Morgan fingerprint density at radius 3 is 2.75 bits per heavy atom. The second kappa shape index (κ2) is 5.61. The Labute approximate surface area is 118 Å². The van der Waals surface area contributed by atoms with E-state index >= 15 is 0 Å². The Morgan fingerprint density at radius 2 is 2.10 bits per heavy atom. The highest BCUT2D eigenvalue weighted by atomic mass is 16.1. The summed E-state index contributed by atoms with van der Waals surface area (Å²) in [5.74, 6) is 0.00491. The van der Waals surface area contributed by atoms with Gasteiger partial charge in [-0.2, -0.15) is 0 Å². The number of nitrogens with zero attached hydrogens (tertiary/aromatic N) is 1. The third kappa shape index (κ3) is 2.88. The van der Waals surface area contributed by atoms with E-state index < -0.39 is 5.91 Å². The number of anilines is 2. The molecule has 0 fully saturated rings. The second-order valence-corrected chi connectivity index (χ2v) is 4.75. The molecule has 0 saturated carbocycles. The van der Waals surface area contributed by atoms with Gasteiger partial charge in [0.1, 0.15) is 5.82 Å². The number of primary amides is 1. The van der Waals surface area contributed by atoms with Gasteiger partial charge in [0.25, 0.3) is 5.91 Å². The Balaban J connectivity index is 2.30. The zero-order chi connectivity index (χ0) is 14.7. The van der Waals surface area contributed by atoms with Crippen LogP contribution in [0, 0.1) is 6.92 Å². The van der Waals surface area contributed by atoms with Crippen LogP contribution in [-0.4, -0.2) is 10.9 Å². The molecule has 0 aliphatic rings. The van der Waals surface area contributed by atoms with Gasteiger partial charge in [0, 0.05) is 11.9 Å². The lowest BCUT2D eigenvalue weighted by atomic mass is 10.1. The molecule has 0 aliphatic heterocycles. The first-order valence-corrected chi connectivity index (χ1v) is 6.36. The van der Waals surface area contributed by atoms with Crippen molar-refractivity contribution in [2.24, 2.45) is 5.73 Å². The minimum atomic E-state index is -0.488. The maximum Gasteiger partial charge on any atom is 0.252 e. The van der Waals surface area contributed by atoms with Gasteiger partial charge in [-0.25, -0.2) is 4.98 Å². The third-order valence-electron chi connectivity index (χ3n) is 3.17. The Kier molecular flexibility index (Phi) is 3.89. The maximum absolute atomic E-state index is 11.5. The summed E-state index contributed by atoms with van der Waals surface area (Å²) in [5.41, 5.74) is 14.1. The molecular formula is C15H18N4O. The molecule has 1 unspecified atom stereocenters. The molecule has 0 radical (unpaired) electrons. The monoisotopic (exact) mass is 270 g/mol. The average molecular weight is 270 g/mol. The van der Waals surface area contributed by atoms with E-state index in [1.807, 2.05) is 38.1 Å². The van der Waals surface area contributed by atoms with Crippen molar-refractivity contribution in [2.75, 3.05) is 11.1 Å². The SMILES string of the molecule is Cc1ccnc(NC(C)c2cccc(N)c2)c1C(N)=O. The normalized spacial score (nSPS) is 11.9. The number of pyridine rings is 1. The number of nitrogens with two attached hydrogens (primary N) is 2. The molecule has 104 valence electrons. The first kappa shape index (κ1) is 13.9.